The Bertz CT molecular complexity index is 570. The van der Waals surface area contributed by atoms with Gasteiger partial charge in [0.05, 0.1) is 0 Å². The number of para-hydroxylation sites is 1. The summed E-state index contributed by atoms with van der Waals surface area (Å²) in [7, 11) is 0. The van der Waals surface area contributed by atoms with Crippen molar-refractivity contribution in [2.45, 2.75) is 19.4 Å². The van der Waals surface area contributed by atoms with Crippen LogP contribution in [0.15, 0.2) is 54.6 Å². The smallest absolute Gasteiger partial charge is 0.265 e. The number of rotatable bonds is 5. The van der Waals surface area contributed by atoms with Crippen LogP contribution in [-0.2, 0) is 4.79 Å². The second-order valence-electron chi connectivity index (χ2n) is 4.44. The Morgan fingerprint density at radius 3 is 2.60 bits per heavy atom. The van der Waals surface area contributed by atoms with Crippen LogP contribution in [0.5, 0.6) is 5.75 Å². The lowest BCUT2D eigenvalue weighted by atomic mass is 10.2. The van der Waals surface area contributed by atoms with E-state index in [4.69, 9.17) is 10.5 Å². The number of carbonyl (C=O) groups excluding carboxylic acids is 1. The van der Waals surface area contributed by atoms with Gasteiger partial charge in [-0.15, -0.1) is 0 Å². The van der Waals surface area contributed by atoms with Gasteiger partial charge in [-0.05, 0) is 36.8 Å². The third-order valence-electron chi connectivity index (χ3n) is 2.84. The van der Waals surface area contributed by atoms with Gasteiger partial charge in [-0.25, -0.2) is 0 Å². The average Bonchev–Trinajstić information content (AvgIpc) is 2.45. The van der Waals surface area contributed by atoms with Crippen LogP contribution in [0, 0.1) is 0 Å². The molecule has 0 saturated carbocycles. The number of carbonyl (C=O) groups is 1. The molecule has 2 aromatic rings. The van der Waals surface area contributed by atoms with Crippen LogP contribution in [-0.4, -0.2) is 12.0 Å². The number of hydrogen-bond acceptors (Lipinski definition) is 3. The predicted molar refractivity (Wildman–Crippen MR) is 80.6 cm³/mol. The van der Waals surface area contributed by atoms with Gasteiger partial charge in [0, 0.05) is 11.4 Å². The molecule has 0 aliphatic carbocycles. The van der Waals surface area contributed by atoms with Crippen molar-refractivity contribution in [3.63, 3.8) is 0 Å². The van der Waals surface area contributed by atoms with E-state index in [0.717, 1.165) is 0 Å². The van der Waals surface area contributed by atoms with Gasteiger partial charge in [0.15, 0.2) is 6.10 Å². The summed E-state index contributed by atoms with van der Waals surface area (Å²) < 4.78 is 5.68. The molecule has 0 aliphatic rings. The molecule has 0 heterocycles. The number of nitrogens with one attached hydrogen (secondary N) is 1. The molecule has 1 amide bonds. The molecular formula is C16H18N2O2. The molecule has 0 bridgehead atoms. The fourth-order valence-corrected chi connectivity index (χ4v) is 1.82. The summed E-state index contributed by atoms with van der Waals surface area (Å²) in [4.78, 5) is 12.2. The molecule has 104 valence electrons. The zero-order valence-electron chi connectivity index (χ0n) is 11.4. The van der Waals surface area contributed by atoms with Crippen molar-refractivity contribution in [2.24, 2.45) is 0 Å². The maximum Gasteiger partial charge on any atom is 0.265 e. The number of anilines is 2. The van der Waals surface area contributed by atoms with Crippen LogP contribution >= 0.6 is 0 Å². The summed E-state index contributed by atoms with van der Waals surface area (Å²) in [6.07, 6.45) is 0.0575. The topological polar surface area (TPSA) is 64.3 Å². The molecule has 2 aromatic carbocycles. The van der Waals surface area contributed by atoms with Gasteiger partial charge >= 0.3 is 0 Å². The number of nitrogen functional groups attached to an aromatic ring is 1. The molecule has 0 aromatic heterocycles. The third kappa shape index (κ3) is 3.75. The van der Waals surface area contributed by atoms with Gasteiger partial charge in [-0.3, -0.25) is 4.79 Å². The summed E-state index contributed by atoms with van der Waals surface area (Å²) >= 11 is 0. The van der Waals surface area contributed by atoms with Crippen molar-refractivity contribution in [1.29, 1.82) is 0 Å². The molecule has 4 heteroatoms. The van der Waals surface area contributed by atoms with Crippen molar-refractivity contribution in [1.82, 2.24) is 0 Å². The second-order valence-corrected chi connectivity index (χ2v) is 4.44. The highest BCUT2D eigenvalue weighted by Gasteiger charge is 2.18. The van der Waals surface area contributed by atoms with E-state index in [2.05, 4.69) is 5.32 Å². The molecule has 4 nitrogen and oxygen atoms in total. The van der Waals surface area contributed by atoms with Gasteiger partial charge in [0.2, 0.25) is 0 Å². The molecule has 0 radical (unpaired) electrons. The van der Waals surface area contributed by atoms with Gasteiger partial charge in [-0.1, -0.05) is 31.2 Å². The Morgan fingerprint density at radius 1 is 1.20 bits per heavy atom. The van der Waals surface area contributed by atoms with Crippen LogP contribution in [0.25, 0.3) is 0 Å². The fourth-order valence-electron chi connectivity index (χ4n) is 1.82. The fraction of sp³-hybridized carbons (Fsp3) is 0.188. The first-order valence-corrected chi connectivity index (χ1v) is 6.57. The standard InChI is InChI=1S/C16H18N2O2/c1-2-15(20-14-9-4-3-5-10-14)16(19)18-13-8-6-7-12(17)11-13/h3-11,15H,2,17H2,1H3,(H,18,19)/t15-/m1/s1. The van der Waals surface area contributed by atoms with Gasteiger partial charge in [0.25, 0.3) is 5.91 Å². The first-order valence-electron chi connectivity index (χ1n) is 6.57. The average molecular weight is 270 g/mol. The van der Waals surface area contributed by atoms with Crippen molar-refractivity contribution in [3.05, 3.63) is 54.6 Å². The van der Waals surface area contributed by atoms with Gasteiger partial charge in [0.1, 0.15) is 5.75 Å². The van der Waals surface area contributed by atoms with E-state index in [-0.39, 0.29) is 5.91 Å². The number of ether oxygens (including phenoxy) is 1. The zero-order valence-corrected chi connectivity index (χ0v) is 11.4. The highest BCUT2D eigenvalue weighted by atomic mass is 16.5. The number of hydrogen-bond donors (Lipinski definition) is 2. The Labute approximate surface area is 118 Å². The molecule has 0 aliphatic heterocycles. The van der Waals surface area contributed by atoms with Gasteiger partial charge < -0.3 is 15.8 Å². The van der Waals surface area contributed by atoms with Crippen molar-refractivity contribution >= 4 is 17.3 Å². The lowest BCUT2D eigenvalue weighted by Crippen LogP contribution is -2.32. The van der Waals surface area contributed by atoms with Gasteiger partial charge in [-0.2, -0.15) is 0 Å². The van der Waals surface area contributed by atoms with Crippen molar-refractivity contribution < 1.29 is 9.53 Å². The lowest BCUT2D eigenvalue weighted by Gasteiger charge is -2.17. The maximum atomic E-state index is 12.2. The van der Waals surface area contributed by atoms with E-state index in [1.807, 2.05) is 37.3 Å². The molecule has 3 N–H and O–H groups in total. The number of nitrogens with two attached hydrogens (primary N) is 1. The second kappa shape index (κ2) is 6.61. The molecule has 0 fully saturated rings. The highest BCUT2D eigenvalue weighted by molar-refractivity contribution is 5.94. The normalized spacial score (nSPS) is 11.7. The molecule has 0 saturated heterocycles. The molecule has 2 rings (SSSR count). The van der Waals surface area contributed by atoms with Crippen LogP contribution in [0.3, 0.4) is 0 Å². The molecule has 1 atom stereocenters. The van der Waals surface area contributed by atoms with E-state index < -0.39 is 6.10 Å². The molecule has 0 unspecified atom stereocenters. The van der Waals surface area contributed by atoms with Crippen molar-refractivity contribution in [3.8, 4) is 5.75 Å². The Morgan fingerprint density at radius 2 is 1.95 bits per heavy atom. The minimum atomic E-state index is -0.529. The molecule has 0 spiro atoms. The highest BCUT2D eigenvalue weighted by Crippen LogP contribution is 2.16. The van der Waals surface area contributed by atoms with E-state index in [9.17, 15) is 4.79 Å². The van der Waals surface area contributed by atoms with Crippen LogP contribution in [0.2, 0.25) is 0 Å². The van der Waals surface area contributed by atoms with Crippen LogP contribution < -0.4 is 15.8 Å². The first kappa shape index (κ1) is 13.9. The predicted octanol–water partition coefficient (Wildman–Crippen LogP) is 3.06. The van der Waals surface area contributed by atoms with E-state index >= 15 is 0 Å². The largest absolute Gasteiger partial charge is 0.481 e. The lowest BCUT2D eigenvalue weighted by molar-refractivity contribution is -0.122. The summed E-state index contributed by atoms with van der Waals surface area (Å²) in [5, 5.41) is 2.81. The van der Waals surface area contributed by atoms with Crippen molar-refractivity contribution in [2.75, 3.05) is 11.1 Å². The van der Waals surface area contributed by atoms with E-state index in [0.29, 0.717) is 23.5 Å². The first-order chi connectivity index (χ1) is 9.69. The molecular weight excluding hydrogens is 252 g/mol. The number of amides is 1. The SMILES string of the molecule is CC[C@@H](Oc1ccccc1)C(=O)Nc1cccc(N)c1. The Kier molecular flexibility index (Phi) is 4.60. The zero-order chi connectivity index (χ0) is 14.4. The third-order valence-corrected chi connectivity index (χ3v) is 2.84. The van der Waals surface area contributed by atoms with E-state index in [1.54, 1.807) is 24.3 Å². The van der Waals surface area contributed by atoms with E-state index in [1.165, 1.54) is 0 Å². The quantitative estimate of drug-likeness (QED) is 0.821. The summed E-state index contributed by atoms with van der Waals surface area (Å²) in [5.41, 5.74) is 6.97. The molecule has 20 heavy (non-hydrogen) atoms. The number of benzene rings is 2. The monoisotopic (exact) mass is 270 g/mol. The van der Waals surface area contributed by atoms with Crippen LogP contribution in [0.4, 0.5) is 11.4 Å². The summed E-state index contributed by atoms with van der Waals surface area (Å²) in [6.45, 7) is 1.91. The minimum absolute atomic E-state index is 0.179. The van der Waals surface area contributed by atoms with Crippen LogP contribution in [0.1, 0.15) is 13.3 Å². The minimum Gasteiger partial charge on any atom is -0.481 e. The maximum absolute atomic E-state index is 12.2. The summed E-state index contributed by atoms with van der Waals surface area (Å²) in [6, 6.07) is 16.4. The Balaban J connectivity index is 2.02. The summed E-state index contributed by atoms with van der Waals surface area (Å²) in [5.74, 6) is 0.504. The Hall–Kier alpha value is -2.49.